The van der Waals surface area contributed by atoms with Gasteiger partial charge in [0.05, 0.1) is 0 Å². The van der Waals surface area contributed by atoms with Gasteiger partial charge in [0.1, 0.15) is 0 Å². The normalized spacial score (nSPS) is 23.2. The maximum Gasteiger partial charge on any atom is 0.0407 e. The topological polar surface area (TPSA) is 0 Å². The molecule has 4 aliphatic rings. The molecule has 1 heteroatoms. The molecule has 0 fully saturated rings. The van der Waals surface area contributed by atoms with Gasteiger partial charge in [0, 0.05) is 27.0 Å². The van der Waals surface area contributed by atoms with Crippen molar-refractivity contribution >= 4 is 23.4 Å². The number of rotatable bonds is 2. The lowest BCUT2D eigenvalue weighted by Gasteiger charge is -2.28. The van der Waals surface area contributed by atoms with E-state index in [0.29, 0.717) is 11.2 Å². The van der Waals surface area contributed by atoms with E-state index in [1.54, 1.807) is 0 Å². The van der Waals surface area contributed by atoms with Crippen LogP contribution in [-0.4, -0.2) is 5.25 Å². The number of fused-ring (bicyclic) bond motifs is 12. The molecule has 3 atom stereocenters. The second-order valence-electron chi connectivity index (χ2n) is 11.7. The molecule has 1 aliphatic heterocycles. The molecule has 3 unspecified atom stereocenters. The van der Waals surface area contributed by atoms with Crippen LogP contribution in [0.15, 0.2) is 102 Å². The molecule has 0 aromatic heterocycles. The fourth-order valence-electron chi connectivity index (χ4n) is 7.59. The van der Waals surface area contributed by atoms with E-state index in [4.69, 9.17) is 0 Å². The summed E-state index contributed by atoms with van der Waals surface area (Å²) in [6.07, 6.45) is 13.9. The van der Waals surface area contributed by atoms with Gasteiger partial charge in [-0.25, -0.2) is 0 Å². The highest BCUT2D eigenvalue weighted by molar-refractivity contribution is 8.00. The van der Waals surface area contributed by atoms with Crippen LogP contribution in [0.3, 0.4) is 0 Å². The first-order chi connectivity index (χ1) is 19.1. The zero-order chi connectivity index (χ0) is 26.3. The molecular weight excluding hydrogens is 488 g/mol. The lowest BCUT2D eigenvalue weighted by Crippen LogP contribution is -2.31. The summed E-state index contributed by atoms with van der Waals surface area (Å²) in [5, 5.41) is 3.21. The van der Waals surface area contributed by atoms with Crippen molar-refractivity contribution in [3.63, 3.8) is 0 Å². The van der Waals surface area contributed by atoms with Gasteiger partial charge in [0.25, 0.3) is 0 Å². The van der Waals surface area contributed by atoms with Crippen LogP contribution in [-0.2, 0) is 11.8 Å². The van der Waals surface area contributed by atoms with Gasteiger partial charge in [-0.3, -0.25) is 0 Å². The summed E-state index contributed by atoms with van der Waals surface area (Å²) in [6, 6.07) is 27.8. The third-order valence-corrected chi connectivity index (χ3v) is 11.2. The minimum absolute atomic E-state index is 0.0300. The van der Waals surface area contributed by atoms with Crippen LogP contribution in [0.5, 0.6) is 0 Å². The summed E-state index contributed by atoms with van der Waals surface area (Å²) in [7, 11) is 0. The molecule has 0 radical (unpaired) electrons. The first kappa shape index (κ1) is 23.3. The maximum absolute atomic E-state index is 2.56. The Morgan fingerprint density at radius 3 is 2.54 bits per heavy atom. The summed E-state index contributed by atoms with van der Waals surface area (Å²) < 4.78 is 0. The zero-order valence-corrected chi connectivity index (χ0v) is 23.6. The van der Waals surface area contributed by atoms with Crippen LogP contribution in [0.1, 0.15) is 54.0 Å². The monoisotopic (exact) mass is 520 g/mol. The lowest BCUT2D eigenvalue weighted by molar-refractivity contribution is 0.620. The van der Waals surface area contributed by atoms with Crippen LogP contribution in [0.2, 0.25) is 0 Å². The fourth-order valence-corrected chi connectivity index (χ4v) is 9.22. The molecule has 0 spiro atoms. The summed E-state index contributed by atoms with van der Waals surface area (Å²) in [4.78, 5) is 1.48. The van der Waals surface area contributed by atoms with Crippen molar-refractivity contribution in [2.24, 2.45) is 0 Å². The molecule has 4 aromatic carbocycles. The minimum Gasteiger partial charge on any atom is -0.116 e. The molecule has 0 N–H and O–H groups in total. The smallest absolute Gasteiger partial charge is 0.0407 e. The highest BCUT2D eigenvalue weighted by atomic mass is 32.2. The van der Waals surface area contributed by atoms with E-state index in [-0.39, 0.29) is 5.41 Å². The Morgan fingerprint density at radius 2 is 1.67 bits per heavy atom. The summed E-state index contributed by atoms with van der Waals surface area (Å²) in [5.74, 6) is 0.345. The molecule has 1 heterocycles. The van der Waals surface area contributed by atoms with Crippen molar-refractivity contribution in [1.29, 1.82) is 0 Å². The second kappa shape index (κ2) is 8.47. The van der Waals surface area contributed by atoms with Gasteiger partial charge in [0.2, 0.25) is 0 Å². The van der Waals surface area contributed by atoms with Crippen LogP contribution >= 0.6 is 11.8 Å². The molecule has 190 valence electrons. The Hall–Kier alpha value is -3.55. The molecule has 0 saturated carbocycles. The van der Waals surface area contributed by atoms with E-state index in [2.05, 4.69) is 136 Å². The van der Waals surface area contributed by atoms with Crippen molar-refractivity contribution in [2.45, 2.75) is 55.1 Å². The molecule has 3 aliphatic carbocycles. The minimum atomic E-state index is 0.0300. The predicted octanol–water partition coefficient (Wildman–Crippen LogP) is 8.23. The van der Waals surface area contributed by atoms with Crippen molar-refractivity contribution in [3.8, 4) is 22.3 Å². The largest absolute Gasteiger partial charge is 0.116 e. The Balaban J connectivity index is 1.55. The molecule has 4 aromatic rings. The van der Waals surface area contributed by atoms with Crippen molar-refractivity contribution in [2.75, 3.05) is 0 Å². The van der Waals surface area contributed by atoms with Gasteiger partial charge in [0.15, 0.2) is 0 Å². The molecule has 8 rings (SSSR count). The zero-order valence-electron chi connectivity index (χ0n) is 22.8. The number of hydrogen-bond acceptors (Lipinski definition) is 1. The first-order valence-electron chi connectivity index (χ1n) is 14.3. The lowest BCUT2D eigenvalue weighted by atomic mass is 9.75. The molecule has 0 amide bonds. The van der Waals surface area contributed by atoms with Gasteiger partial charge >= 0.3 is 0 Å². The Kier molecular flexibility index (Phi) is 5.07. The maximum atomic E-state index is 2.56. The standard InChI is InChI=1S/C38H32S/c1-4-24-16-17-30-35(34(24)27-13-7-5-11-23(27)2)26-21-25-12-6-8-14-28(25)31(22-26)29-18-19-32-37(36(29)30)39-33-15-9-10-20-38(32,33)3/h5-21,26,33H,4,22H2,1-3H3. The molecule has 0 nitrogen and oxygen atoms in total. The SMILES string of the molecule is CCc1ccc2c(c1-c1ccccc1C)C1C=c3ccccc3=C(C1)c1ccc3c(c1-2)SC1C=CC=CC31C. The van der Waals surface area contributed by atoms with Crippen LogP contribution in [0.25, 0.3) is 33.9 Å². The van der Waals surface area contributed by atoms with Crippen molar-refractivity contribution in [3.05, 3.63) is 135 Å². The van der Waals surface area contributed by atoms with E-state index in [0.717, 1.165) is 12.8 Å². The van der Waals surface area contributed by atoms with E-state index < -0.39 is 0 Å². The molecule has 0 saturated heterocycles. The average molecular weight is 521 g/mol. The highest BCUT2D eigenvalue weighted by Gasteiger charge is 2.44. The Labute approximate surface area is 235 Å². The summed E-state index contributed by atoms with van der Waals surface area (Å²) in [6.45, 7) is 7.01. The van der Waals surface area contributed by atoms with Crippen LogP contribution < -0.4 is 10.4 Å². The van der Waals surface area contributed by atoms with Gasteiger partial charge in [-0.1, -0.05) is 117 Å². The first-order valence-corrected chi connectivity index (χ1v) is 15.2. The van der Waals surface area contributed by atoms with Crippen molar-refractivity contribution < 1.29 is 0 Å². The van der Waals surface area contributed by atoms with Crippen molar-refractivity contribution in [1.82, 2.24) is 0 Å². The van der Waals surface area contributed by atoms with E-state index in [1.807, 2.05) is 0 Å². The van der Waals surface area contributed by atoms with Gasteiger partial charge in [-0.15, -0.1) is 11.8 Å². The van der Waals surface area contributed by atoms with Crippen LogP contribution in [0, 0.1) is 6.92 Å². The molecule has 2 bridgehead atoms. The second-order valence-corrected chi connectivity index (χ2v) is 12.9. The highest BCUT2D eigenvalue weighted by Crippen LogP contribution is 2.59. The Bertz CT molecular complexity index is 1880. The number of thioether (sulfide) groups is 1. The Morgan fingerprint density at radius 1 is 0.846 bits per heavy atom. The molecular formula is C38H32S. The number of aryl methyl sites for hydroxylation is 2. The van der Waals surface area contributed by atoms with E-state index in [9.17, 15) is 0 Å². The summed E-state index contributed by atoms with van der Waals surface area (Å²) in [5.41, 5.74) is 14.5. The summed E-state index contributed by atoms with van der Waals surface area (Å²) >= 11 is 2.08. The number of benzene rings is 4. The predicted molar refractivity (Wildman–Crippen MR) is 167 cm³/mol. The molecule has 39 heavy (non-hydrogen) atoms. The third kappa shape index (κ3) is 3.20. The van der Waals surface area contributed by atoms with Gasteiger partial charge in [-0.05, 0) is 80.3 Å². The average Bonchev–Trinajstić information content (AvgIpc) is 3.22. The van der Waals surface area contributed by atoms with Gasteiger partial charge < -0.3 is 0 Å². The van der Waals surface area contributed by atoms with E-state index >= 15 is 0 Å². The van der Waals surface area contributed by atoms with E-state index in [1.165, 1.54) is 71.0 Å². The quantitative estimate of drug-likeness (QED) is 0.257. The van der Waals surface area contributed by atoms with Crippen LogP contribution in [0.4, 0.5) is 0 Å². The third-order valence-electron chi connectivity index (χ3n) is 9.60. The number of allylic oxidation sites excluding steroid dienone is 3. The van der Waals surface area contributed by atoms with Gasteiger partial charge in [-0.2, -0.15) is 0 Å². The fraction of sp³-hybridized carbons (Fsp3) is 0.211. The number of hydrogen-bond donors (Lipinski definition) is 0.